The van der Waals surface area contributed by atoms with Crippen molar-refractivity contribution in [3.8, 4) is 0 Å². The number of rotatable bonds is 6. The maximum absolute atomic E-state index is 11.9. The first-order valence-corrected chi connectivity index (χ1v) is 7.04. The zero-order valence-electron chi connectivity index (χ0n) is 11.0. The largest absolute Gasteiger partial charge is 0.465 e. The minimum Gasteiger partial charge on any atom is -0.465 e. The molecule has 0 bridgehead atoms. The summed E-state index contributed by atoms with van der Waals surface area (Å²) in [7, 11) is 0. The van der Waals surface area contributed by atoms with Crippen LogP contribution in [-0.2, 0) is 9.53 Å². The molecular weight excluding hydrogens is 248 g/mol. The van der Waals surface area contributed by atoms with Crippen molar-refractivity contribution in [1.29, 1.82) is 0 Å². The Balaban J connectivity index is 2.45. The fourth-order valence-electron chi connectivity index (χ4n) is 1.43. The molecule has 0 saturated carbocycles. The number of ketones is 1. The molecule has 0 fully saturated rings. The Morgan fingerprint density at radius 3 is 2.50 bits per heavy atom. The van der Waals surface area contributed by atoms with Gasteiger partial charge < -0.3 is 4.74 Å². The molecular formula is C14H18O3S. The fraction of sp³-hybridized carbons (Fsp3) is 0.429. The van der Waals surface area contributed by atoms with Gasteiger partial charge in [0, 0.05) is 5.56 Å². The number of hydrogen-bond acceptors (Lipinski definition) is 4. The maximum Gasteiger partial charge on any atom is 0.315 e. The lowest BCUT2D eigenvalue weighted by molar-refractivity contribution is -0.139. The Labute approximate surface area is 112 Å². The number of carbonyl (C=O) groups excluding carboxylic acids is 2. The van der Waals surface area contributed by atoms with E-state index in [2.05, 4.69) is 0 Å². The summed E-state index contributed by atoms with van der Waals surface area (Å²) in [5.74, 6) is 0.314. The smallest absolute Gasteiger partial charge is 0.315 e. The number of carbonyl (C=O) groups is 2. The molecule has 0 atom stereocenters. The highest BCUT2D eigenvalue weighted by molar-refractivity contribution is 8.00. The van der Waals surface area contributed by atoms with Crippen molar-refractivity contribution in [2.75, 3.05) is 18.1 Å². The normalized spacial score (nSPS) is 10.2. The van der Waals surface area contributed by atoms with Crippen LogP contribution in [0.2, 0.25) is 0 Å². The second-order valence-corrected chi connectivity index (χ2v) is 5.01. The number of ether oxygens (including phenoxy) is 1. The van der Waals surface area contributed by atoms with Crippen molar-refractivity contribution < 1.29 is 14.3 Å². The first-order valence-electron chi connectivity index (χ1n) is 5.88. The van der Waals surface area contributed by atoms with Gasteiger partial charge in [-0.2, -0.15) is 0 Å². The third kappa shape index (κ3) is 4.53. The van der Waals surface area contributed by atoms with Crippen molar-refractivity contribution in [2.45, 2.75) is 20.8 Å². The van der Waals surface area contributed by atoms with E-state index in [1.807, 2.05) is 32.0 Å². The van der Waals surface area contributed by atoms with E-state index in [4.69, 9.17) is 4.74 Å². The summed E-state index contributed by atoms with van der Waals surface area (Å²) in [5, 5.41) is 0. The molecule has 3 nitrogen and oxygen atoms in total. The minimum atomic E-state index is -0.268. The van der Waals surface area contributed by atoms with E-state index in [1.165, 1.54) is 17.3 Å². The number of esters is 1. The van der Waals surface area contributed by atoms with Crippen molar-refractivity contribution in [3.63, 3.8) is 0 Å². The predicted octanol–water partition coefficient (Wildman–Crippen LogP) is 2.78. The van der Waals surface area contributed by atoms with Crippen LogP contribution < -0.4 is 0 Å². The number of thioether (sulfide) groups is 1. The van der Waals surface area contributed by atoms with Gasteiger partial charge in [0.25, 0.3) is 0 Å². The Bertz CT molecular complexity index is 441. The topological polar surface area (TPSA) is 43.4 Å². The van der Waals surface area contributed by atoms with Crippen molar-refractivity contribution in [3.05, 3.63) is 34.9 Å². The lowest BCUT2D eigenvalue weighted by atomic mass is 10.0. The average Bonchev–Trinajstić information content (AvgIpc) is 2.33. The van der Waals surface area contributed by atoms with E-state index >= 15 is 0 Å². The number of aryl methyl sites for hydroxylation is 2. The zero-order valence-corrected chi connectivity index (χ0v) is 11.8. The summed E-state index contributed by atoms with van der Waals surface area (Å²) in [6, 6.07) is 5.66. The van der Waals surface area contributed by atoms with Gasteiger partial charge in [0.05, 0.1) is 18.1 Å². The first kappa shape index (κ1) is 14.8. The highest BCUT2D eigenvalue weighted by Gasteiger charge is 2.09. The number of benzene rings is 1. The van der Waals surface area contributed by atoms with E-state index in [1.54, 1.807) is 6.92 Å². The van der Waals surface area contributed by atoms with Gasteiger partial charge in [0.2, 0.25) is 0 Å². The second kappa shape index (κ2) is 7.21. The molecule has 0 N–H and O–H groups in total. The van der Waals surface area contributed by atoms with Gasteiger partial charge >= 0.3 is 5.97 Å². The van der Waals surface area contributed by atoms with Crippen LogP contribution in [0.3, 0.4) is 0 Å². The van der Waals surface area contributed by atoms with Gasteiger partial charge in [-0.15, -0.1) is 11.8 Å². The number of hydrogen-bond donors (Lipinski definition) is 0. The zero-order chi connectivity index (χ0) is 13.5. The van der Waals surface area contributed by atoms with E-state index in [9.17, 15) is 9.59 Å². The van der Waals surface area contributed by atoms with Crippen LogP contribution in [0.25, 0.3) is 0 Å². The summed E-state index contributed by atoms with van der Waals surface area (Å²) in [6.07, 6.45) is 0. The SMILES string of the molecule is CCOC(=O)CSCC(=O)c1ccc(C)c(C)c1. The molecule has 0 aliphatic rings. The van der Waals surface area contributed by atoms with Crippen LogP contribution in [-0.4, -0.2) is 29.9 Å². The Morgan fingerprint density at radius 1 is 1.17 bits per heavy atom. The Kier molecular flexibility index (Phi) is 5.92. The third-order valence-corrected chi connectivity index (χ3v) is 3.49. The molecule has 0 radical (unpaired) electrons. The van der Waals surface area contributed by atoms with Gasteiger partial charge in [0.15, 0.2) is 5.78 Å². The van der Waals surface area contributed by atoms with Crippen molar-refractivity contribution in [1.82, 2.24) is 0 Å². The Hall–Kier alpha value is -1.29. The molecule has 4 heteroatoms. The Morgan fingerprint density at radius 2 is 1.89 bits per heavy atom. The van der Waals surface area contributed by atoms with Crippen LogP contribution in [0.1, 0.15) is 28.4 Å². The van der Waals surface area contributed by atoms with Gasteiger partial charge in [-0.3, -0.25) is 9.59 Å². The van der Waals surface area contributed by atoms with Crippen LogP contribution in [0.4, 0.5) is 0 Å². The summed E-state index contributed by atoms with van der Waals surface area (Å²) >= 11 is 1.29. The molecule has 98 valence electrons. The van der Waals surface area contributed by atoms with Crippen LogP contribution in [0.15, 0.2) is 18.2 Å². The standard InChI is InChI=1S/C14H18O3S/c1-4-17-14(16)9-18-8-13(15)12-6-5-10(2)11(3)7-12/h5-7H,4,8-9H2,1-3H3. The van der Waals surface area contributed by atoms with E-state index in [-0.39, 0.29) is 17.5 Å². The molecule has 1 aromatic carbocycles. The highest BCUT2D eigenvalue weighted by Crippen LogP contribution is 2.13. The molecule has 0 spiro atoms. The summed E-state index contributed by atoms with van der Waals surface area (Å²) < 4.78 is 4.79. The van der Waals surface area contributed by atoms with Crippen LogP contribution in [0.5, 0.6) is 0 Å². The fourth-order valence-corrected chi connectivity index (χ4v) is 2.13. The molecule has 0 aliphatic heterocycles. The molecule has 1 aromatic rings. The van der Waals surface area contributed by atoms with Crippen molar-refractivity contribution >= 4 is 23.5 Å². The molecule has 0 unspecified atom stereocenters. The minimum absolute atomic E-state index is 0.0485. The van der Waals surface area contributed by atoms with Gasteiger partial charge in [0.1, 0.15) is 0 Å². The molecule has 0 amide bonds. The predicted molar refractivity (Wildman–Crippen MR) is 74.2 cm³/mol. The molecule has 1 rings (SSSR count). The van der Waals surface area contributed by atoms with Crippen LogP contribution in [0, 0.1) is 13.8 Å². The van der Waals surface area contributed by atoms with E-state index in [0.717, 1.165) is 5.56 Å². The quantitative estimate of drug-likeness (QED) is 0.586. The third-order valence-electron chi connectivity index (χ3n) is 2.59. The molecule has 18 heavy (non-hydrogen) atoms. The average molecular weight is 266 g/mol. The lowest BCUT2D eigenvalue weighted by Crippen LogP contribution is -2.10. The molecule has 0 heterocycles. The molecule has 0 saturated heterocycles. The monoisotopic (exact) mass is 266 g/mol. The summed E-state index contributed by atoms with van der Waals surface area (Å²) in [4.78, 5) is 23.0. The maximum atomic E-state index is 11.9. The first-order chi connectivity index (χ1) is 8.54. The highest BCUT2D eigenvalue weighted by atomic mass is 32.2. The summed E-state index contributed by atoms with van der Waals surface area (Å²) in [5.41, 5.74) is 2.98. The van der Waals surface area contributed by atoms with E-state index < -0.39 is 0 Å². The lowest BCUT2D eigenvalue weighted by Gasteiger charge is -2.04. The number of Topliss-reactive ketones (excluding diaryl/α,β-unsaturated/α-hetero) is 1. The van der Waals surface area contributed by atoms with Gasteiger partial charge in [-0.05, 0) is 38.0 Å². The van der Waals surface area contributed by atoms with Crippen molar-refractivity contribution in [2.24, 2.45) is 0 Å². The van der Waals surface area contributed by atoms with Crippen LogP contribution >= 0.6 is 11.8 Å². The van der Waals surface area contributed by atoms with Gasteiger partial charge in [-0.25, -0.2) is 0 Å². The molecule has 0 aliphatic carbocycles. The van der Waals surface area contributed by atoms with Gasteiger partial charge in [-0.1, -0.05) is 12.1 Å². The second-order valence-electron chi connectivity index (χ2n) is 4.02. The molecule has 0 aromatic heterocycles. The summed E-state index contributed by atoms with van der Waals surface area (Å²) in [6.45, 7) is 6.14. The van der Waals surface area contributed by atoms with E-state index in [0.29, 0.717) is 17.9 Å².